The van der Waals surface area contributed by atoms with Gasteiger partial charge in [-0.1, -0.05) is 25.7 Å². The monoisotopic (exact) mass is 286 g/mol. The zero-order chi connectivity index (χ0) is 14.7. The van der Waals surface area contributed by atoms with Crippen molar-refractivity contribution >= 4 is 17.3 Å². The lowest BCUT2D eigenvalue weighted by Crippen LogP contribution is -2.25. The summed E-state index contributed by atoms with van der Waals surface area (Å²) in [6.07, 6.45) is 9.33. The Hall–Kier alpha value is -1.51. The third-order valence-electron chi connectivity index (χ3n) is 4.92. The van der Waals surface area contributed by atoms with Crippen LogP contribution in [0.3, 0.4) is 0 Å². The van der Waals surface area contributed by atoms with Crippen LogP contribution in [0, 0.1) is 5.92 Å². The molecule has 0 aromatic heterocycles. The molecule has 0 saturated heterocycles. The SMILES string of the molecule is CC(=O)N1CCc2cc(NCC3CCCCCC3)ccc21. The summed E-state index contributed by atoms with van der Waals surface area (Å²) in [5.41, 5.74) is 3.61. The molecule has 3 rings (SSSR count). The van der Waals surface area contributed by atoms with Crippen molar-refractivity contribution in [2.45, 2.75) is 51.9 Å². The van der Waals surface area contributed by atoms with E-state index in [1.54, 1.807) is 6.92 Å². The highest BCUT2D eigenvalue weighted by molar-refractivity contribution is 5.94. The summed E-state index contributed by atoms with van der Waals surface area (Å²) in [5, 5.41) is 3.61. The highest BCUT2D eigenvalue weighted by Gasteiger charge is 2.22. The van der Waals surface area contributed by atoms with Crippen molar-refractivity contribution in [3.63, 3.8) is 0 Å². The Labute approximate surface area is 127 Å². The lowest BCUT2D eigenvalue weighted by molar-refractivity contribution is -0.116. The minimum atomic E-state index is 0.146. The Bertz CT molecular complexity index is 504. The van der Waals surface area contributed by atoms with Crippen LogP contribution in [0.2, 0.25) is 0 Å². The molecule has 0 atom stereocenters. The van der Waals surface area contributed by atoms with Gasteiger partial charge >= 0.3 is 0 Å². The number of nitrogens with one attached hydrogen (secondary N) is 1. The van der Waals surface area contributed by atoms with Crippen LogP contribution in [0.4, 0.5) is 11.4 Å². The number of hydrogen-bond acceptors (Lipinski definition) is 2. The zero-order valence-corrected chi connectivity index (χ0v) is 13.0. The standard InChI is InChI=1S/C18H26N2O/c1-14(21)20-11-10-16-12-17(8-9-18(16)20)19-13-15-6-4-2-3-5-7-15/h8-9,12,15,19H,2-7,10-11,13H2,1H3. The van der Waals surface area contributed by atoms with Crippen LogP contribution in [-0.2, 0) is 11.2 Å². The predicted molar refractivity (Wildman–Crippen MR) is 87.9 cm³/mol. The number of rotatable bonds is 3. The summed E-state index contributed by atoms with van der Waals surface area (Å²) in [7, 11) is 0. The first kappa shape index (κ1) is 14.4. The summed E-state index contributed by atoms with van der Waals surface area (Å²) < 4.78 is 0. The molecule has 1 aromatic rings. The van der Waals surface area contributed by atoms with Crippen molar-refractivity contribution in [3.05, 3.63) is 23.8 Å². The molecule has 1 amide bonds. The second kappa shape index (κ2) is 6.50. The Balaban J connectivity index is 1.61. The molecule has 1 saturated carbocycles. The Kier molecular flexibility index (Phi) is 4.47. The summed E-state index contributed by atoms with van der Waals surface area (Å²) in [6.45, 7) is 3.57. The molecule has 1 aliphatic heterocycles. The van der Waals surface area contributed by atoms with Gasteiger partial charge in [-0.25, -0.2) is 0 Å². The van der Waals surface area contributed by atoms with Gasteiger partial charge in [0.1, 0.15) is 0 Å². The number of anilines is 2. The number of carbonyl (C=O) groups is 1. The first-order chi connectivity index (χ1) is 10.2. The van der Waals surface area contributed by atoms with Crippen molar-refractivity contribution < 1.29 is 4.79 Å². The van der Waals surface area contributed by atoms with Gasteiger partial charge in [0.15, 0.2) is 0 Å². The van der Waals surface area contributed by atoms with Crippen LogP contribution < -0.4 is 10.2 Å². The van der Waals surface area contributed by atoms with Crippen LogP contribution in [0.1, 0.15) is 51.0 Å². The normalized spacial score (nSPS) is 19.2. The Morgan fingerprint density at radius 2 is 2.00 bits per heavy atom. The molecule has 0 bridgehead atoms. The fourth-order valence-electron chi connectivity index (χ4n) is 3.67. The van der Waals surface area contributed by atoms with Gasteiger partial charge in [-0.2, -0.15) is 0 Å². The van der Waals surface area contributed by atoms with E-state index in [9.17, 15) is 4.79 Å². The number of benzene rings is 1. The Morgan fingerprint density at radius 3 is 2.71 bits per heavy atom. The van der Waals surface area contributed by atoms with E-state index >= 15 is 0 Å². The van der Waals surface area contributed by atoms with Gasteiger partial charge in [0.05, 0.1) is 0 Å². The molecule has 1 fully saturated rings. The van der Waals surface area contributed by atoms with Gasteiger partial charge in [0, 0.05) is 31.4 Å². The minimum absolute atomic E-state index is 0.146. The number of fused-ring (bicyclic) bond motifs is 1. The summed E-state index contributed by atoms with van der Waals surface area (Å²) in [4.78, 5) is 13.4. The first-order valence-electron chi connectivity index (χ1n) is 8.39. The van der Waals surface area contributed by atoms with E-state index < -0.39 is 0 Å². The van der Waals surface area contributed by atoms with Gasteiger partial charge in [0.25, 0.3) is 0 Å². The molecule has 0 radical (unpaired) electrons. The summed E-state index contributed by atoms with van der Waals surface area (Å²) in [5.74, 6) is 0.974. The van der Waals surface area contributed by atoms with Crippen LogP contribution in [0.15, 0.2) is 18.2 Å². The van der Waals surface area contributed by atoms with Crippen LogP contribution in [0.25, 0.3) is 0 Å². The average molecular weight is 286 g/mol. The molecular formula is C18H26N2O. The maximum absolute atomic E-state index is 11.6. The van der Waals surface area contributed by atoms with Crippen LogP contribution in [0.5, 0.6) is 0 Å². The lowest BCUT2D eigenvalue weighted by atomic mass is 10.0. The van der Waals surface area contributed by atoms with E-state index in [4.69, 9.17) is 0 Å². The first-order valence-corrected chi connectivity index (χ1v) is 8.39. The second-order valence-corrected chi connectivity index (χ2v) is 6.50. The van der Waals surface area contributed by atoms with Crippen LogP contribution in [-0.4, -0.2) is 19.0 Å². The number of hydrogen-bond donors (Lipinski definition) is 1. The maximum Gasteiger partial charge on any atom is 0.223 e. The molecule has 1 aromatic carbocycles. The number of nitrogens with zero attached hydrogens (tertiary/aromatic N) is 1. The number of carbonyl (C=O) groups excluding carboxylic acids is 1. The van der Waals surface area contributed by atoms with Crippen molar-refractivity contribution in [3.8, 4) is 0 Å². The largest absolute Gasteiger partial charge is 0.385 e. The maximum atomic E-state index is 11.6. The third-order valence-corrected chi connectivity index (χ3v) is 4.92. The van der Waals surface area contributed by atoms with Gasteiger partial charge in [-0.3, -0.25) is 4.79 Å². The van der Waals surface area contributed by atoms with Gasteiger partial charge < -0.3 is 10.2 Å². The van der Waals surface area contributed by atoms with Crippen LogP contribution >= 0.6 is 0 Å². The van der Waals surface area contributed by atoms with Gasteiger partial charge in [0.2, 0.25) is 5.91 Å². The Morgan fingerprint density at radius 1 is 1.24 bits per heavy atom. The fourth-order valence-corrected chi connectivity index (χ4v) is 3.67. The van der Waals surface area contributed by atoms with E-state index in [0.29, 0.717) is 0 Å². The molecular weight excluding hydrogens is 260 g/mol. The van der Waals surface area contributed by atoms with E-state index in [1.165, 1.54) is 49.8 Å². The van der Waals surface area contributed by atoms with Crippen molar-refractivity contribution in [2.75, 3.05) is 23.3 Å². The molecule has 114 valence electrons. The van der Waals surface area contributed by atoms with Crippen molar-refractivity contribution in [1.29, 1.82) is 0 Å². The van der Waals surface area contributed by atoms with Gasteiger partial charge in [-0.05, 0) is 48.9 Å². The molecule has 1 aliphatic carbocycles. The van der Waals surface area contributed by atoms with E-state index in [-0.39, 0.29) is 5.91 Å². The molecule has 3 heteroatoms. The highest BCUT2D eigenvalue weighted by Crippen LogP contribution is 2.31. The minimum Gasteiger partial charge on any atom is -0.385 e. The molecule has 1 heterocycles. The predicted octanol–water partition coefficient (Wildman–Crippen LogP) is 3.98. The quantitative estimate of drug-likeness (QED) is 0.852. The number of amides is 1. The second-order valence-electron chi connectivity index (χ2n) is 6.50. The molecule has 0 spiro atoms. The molecule has 2 aliphatic rings. The topological polar surface area (TPSA) is 32.3 Å². The summed E-state index contributed by atoms with van der Waals surface area (Å²) in [6, 6.07) is 6.45. The fraction of sp³-hybridized carbons (Fsp3) is 0.611. The smallest absolute Gasteiger partial charge is 0.223 e. The summed E-state index contributed by atoms with van der Waals surface area (Å²) >= 11 is 0. The highest BCUT2D eigenvalue weighted by atomic mass is 16.2. The van der Waals surface area contributed by atoms with Gasteiger partial charge in [-0.15, -0.1) is 0 Å². The van der Waals surface area contributed by atoms with E-state index in [2.05, 4.69) is 23.5 Å². The average Bonchev–Trinajstić information content (AvgIpc) is 2.72. The molecule has 3 nitrogen and oxygen atoms in total. The molecule has 1 N–H and O–H groups in total. The van der Waals surface area contributed by atoms with Crippen molar-refractivity contribution in [2.24, 2.45) is 5.92 Å². The molecule has 21 heavy (non-hydrogen) atoms. The third kappa shape index (κ3) is 3.39. The lowest BCUT2D eigenvalue weighted by Gasteiger charge is -2.17. The molecule has 0 unspecified atom stereocenters. The van der Waals surface area contributed by atoms with E-state index in [0.717, 1.165) is 31.1 Å². The zero-order valence-electron chi connectivity index (χ0n) is 13.0. The van der Waals surface area contributed by atoms with E-state index in [1.807, 2.05) is 4.90 Å². The van der Waals surface area contributed by atoms with Crippen molar-refractivity contribution in [1.82, 2.24) is 0 Å².